The number of esters is 1. The van der Waals surface area contributed by atoms with Gasteiger partial charge >= 0.3 is 5.97 Å². The Bertz CT molecular complexity index is 1380. The van der Waals surface area contributed by atoms with Gasteiger partial charge in [-0.2, -0.15) is 4.98 Å². The fraction of sp³-hybridized carbons (Fsp3) is 0.208. The standard InChI is InChI=1S/C24H23N5O4S/c1-3-33-23(32)17-11-7-8-12-18(17)26-19(30)14-29-15-25-21-20(22(29)31)34-24(27-21)28(2)13-16-9-5-4-6-10-16/h4-12,15H,3,13-14H2,1-2H3,(H,26,30). The predicted molar refractivity (Wildman–Crippen MR) is 131 cm³/mol. The maximum Gasteiger partial charge on any atom is 0.340 e. The summed E-state index contributed by atoms with van der Waals surface area (Å²) in [5, 5.41) is 3.34. The second-order valence-corrected chi connectivity index (χ2v) is 8.46. The molecule has 1 N–H and O–H groups in total. The molecule has 4 aromatic rings. The van der Waals surface area contributed by atoms with Gasteiger partial charge in [0.15, 0.2) is 10.8 Å². The van der Waals surface area contributed by atoms with E-state index in [2.05, 4.69) is 15.3 Å². The third-order valence-corrected chi connectivity index (χ3v) is 6.12. The van der Waals surface area contributed by atoms with E-state index in [1.807, 2.05) is 42.3 Å². The van der Waals surface area contributed by atoms with Crippen LogP contribution in [0, 0.1) is 0 Å². The van der Waals surface area contributed by atoms with Gasteiger partial charge in [-0.25, -0.2) is 9.78 Å². The van der Waals surface area contributed by atoms with Gasteiger partial charge in [0, 0.05) is 13.6 Å². The van der Waals surface area contributed by atoms with Crippen LogP contribution >= 0.6 is 11.3 Å². The summed E-state index contributed by atoms with van der Waals surface area (Å²) < 4.78 is 6.63. The molecule has 0 radical (unpaired) electrons. The van der Waals surface area contributed by atoms with Crippen molar-refractivity contribution < 1.29 is 14.3 Å². The molecule has 0 aliphatic heterocycles. The van der Waals surface area contributed by atoms with Gasteiger partial charge in [-0.05, 0) is 24.6 Å². The Morgan fingerprint density at radius 1 is 1.12 bits per heavy atom. The van der Waals surface area contributed by atoms with Gasteiger partial charge in [-0.1, -0.05) is 53.8 Å². The molecule has 2 heterocycles. The van der Waals surface area contributed by atoms with Crippen LogP contribution in [-0.2, 0) is 22.6 Å². The number of nitrogens with zero attached hydrogens (tertiary/aromatic N) is 4. The first-order chi connectivity index (χ1) is 16.5. The van der Waals surface area contributed by atoms with Crippen LogP contribution in [0.25, 0.3) is 10.3 Å². The number of hydrogen-bond donors (Lipinski definition) is 1. The van der Waals surface area contributed by atoms with Crippen molar-refractivity contribution in [3.05, 3.63) is 82.4 Å². The lowest BCUT2D eigenvalue weighted by molar-refractivity contribution is -0.116. The molecule has 0 atom stereocenters. The van der Waals surface area contributed by atoms with Crippen LogP contribution < -0.4 is 15.8 Å². The van der Waals surface area contributed by atoms with Crippen LogP contribution in [0.4, 0.5) is 10.8 Å². The summed E-state index contributed by atoms with van der Waals surface area (Å²) in [4.78, 5) is 48.5. The number of nitrogens with one attached hydrogen (secondary N) is 1. The molecule has 0 saturated heterocycles. The van der Waals surface area contributed by atoms with Crippen molar-refractivity contribution in [1.82, 2.24) is 14.5 Å². The molecule has 4 rings (SSSR count). The van der Waals surface area contributed by atoms with Crippen molar-refractivity contribution in [1.29, 1.82) is 0 Å². The topological polar surface area (TPSA) is 106 Å². The van der Waals surface area contributed by atoms with Crippen LogP contribution in [0.5, 0.6) is 0 Å². The molecule has 0 unspecified atom stereocenters. The van der Waals surface area contributed by atoms with Gasteiger partial charge in [0.25, 0.3) is 5.56 Å². The number of amides is 1. The fourth-order valence-electron chi connectivity index (χ4n) is 3.36. The lowest BCUT2D eigenvalue weighted by Gasteiger charge is -2.15. The fourth-order valence-corrected chi connectivity index (χ4v) is 4.29. The molecule has 174 valence electrons. The van der Waals surface area contributed by atoms with Gasteiger partial charge in [0.1, 0.15) is 17.6 Å². The number of aromatic nitrogens is 3. The number of fused-ring (bicyclic) bond motifs is 1. The Hall–Kier alpha value is -4.05. The monoisotopic (exact) mass is 477 g/mol. The number of para-hydroxylation sites is 1. The van der Waals surface area contributed by atoms with Crippen LogP contribution in [0.3, 0.4) is 0 Å². The summed E-state index contributed by atoms with van der Waals surface area (Å²) >= 11 is 1.23. The molecular weight excluding hydrogens is 454 g/mol. The minimum Gasteiger partial charge on any atom is -0.462 e. The van der Waals surface area contributed by atoms with Crippen LogP contribution in [0.1, 0.15) is 22.8 Å². The molecule has 0 fully saturated rings. The maximum absolute atomic E-state index is 13.0. The Labute approximate surface area is 199 Å². The van der Waals surface area contributed by atoms with Crippen molar-refractivity contribution in [2.24, 2.45) is 0 Å². The van der Waals surface area contributed by atoms with Crippen LogP contribution in [0.15, 0.2) is 65.7 Å². The molecule has 0 saturated carbocycles. The highest BCUT2D eigenvalue weighted by Gasteiger charge is 2.17. The van der Waals surface area contributed by atoms with E-state index in [0.717, 1.165) is 5.56 Å². The molecule has 0 bridgehead atoms. The van der Waals surface area contributed by atoms with Crippen LogP contribution in [0.2, 0.25) is 0 Å². The highest BCUT2D eigenvalue weighted by Crippen LogP contribution is 2.25. The molecule has 0 spiro atoms. The second-order valence-electron chi connectivity index (χ2n) is 7.48. The summed E-state index contributed by atoms with van der Waals surface area (Å²) in [6.45, 7) is 2.31. The maximum atomic E-state index is 13.0. The lowest BCUT2D eigenvalue weighted by Crippen LogP contribution is -2.28. The number of carbonyl (C=O) groups excluding carboxylic acids is 2. The number of anilines is 2. The number of thiazole rings is 1. The summed E-state index contributed by atoms with van der Waals surface area (Å²) in [6, 6.07) is 16.5. The SMILES string of the molecule is CCOC(=O)c1ccccc1NC(=O)Cn1cnc2nc(N(C)Cc3ccccc3)sc2c1=O. The van der Waals surface area contributed by atoms with Gasteiger partial charge < -0.3 is 15.0 Å². The number of carbonyl (C=O) groups is 2. The third-order valence-electron chi connectivity index (χ3n) is 4.97. The van der Waals surface area contributed by atoms with Crippen molar-refractivity contribution in [3.63, 3.8) is 0 Å². The van der Waals surface area contributed by atoms with E-state index in [0.29, 0.717) is 27.7 Å². The number of hydrogen-bond acceptors (Lipinski definition) is 8. The Balaban J connectivity index is 1.51. The average molecular weight is 478 g/mol. The highest BCUT2D eigenvalue weighted by molar-refractivity contribution is 7.22. The summed E-state index contributed by atoms with van der Waals surface area (Å²) in [7, 11) is 1.90. The van der Waals surface area contributed by atoms with E-state index >= 15 is 0 Å². The first-order valence-electron chi connectivity index (χ1n) is 10.6. The van der Waals surface area contributed by atoms with E-state index in [1.165, 1.54) is 22.2 Å². The Morgan fingerprint density at radius 3 is 2.62 bits per heavy atom. The molecule has 0 aliphatic carbocycles. The summed E-state index contributed by atoms with van der Waals surface area (Å²) in [5.74, 6) is -0.999. The normalized spacial score (nSPS) is 10.8. The van der Waals surface area contributed by atoms with E-state index in [9.17, 15) is 14.4 Å². The highest BCUT2D eigenvalue weighted by atomic mass is 32.1. The molecule has 0 aliphatic rings. The molecule has 10 heteroatoms. The van der Waals surface area contributed by atoms with E-state index in [1.54, 1.807) is 31.2 Å². The molecule has 2 aromatic carbocycles. The zero-order valence-electron chi connectivity index (χ0n) is 18.7. The van der Waals surface area contributed by atoms with Crippen molar-refractivity contribution >= 4 is 44.4 Å². The number of ether oxygens (including phenoxy) is 1. The quantitative estimate of drug-likeness (QED) is 0.388. The van der Waals surface area contributed by atoms with Crippen molar-refractivity contribution in [3.8, 4) is 0 Å². The average Bonchev–Trinajstić information content (AvgIpc) is 3.28. The minimum absolute atomic E-state index is 0.222. The summed E-state index contributed by atoms with van der Waals surface area (Å²) in [5.41, 5.74) is 1.67. The summed E-state index contributed by atoms with van der Waals surface area (Å²) in [6.07, 6.45) is 1.31. The predicted octanol–water partition coefficient (Wildman–Crippen LogP) is 3.30. The van der Waals surface area contributed by atoms with E-state index in [4.69, 9.17) is 4.74 Å². The zero-order chi connectivity index (χ0) is 24.1. The van der Waals surface area contributed by atoms with Gasteiger partial charge in [0.2, 0.25) is 5.91 Å². The first kappa shape index (κ1) is 23.1. The first-order valence-corrected chi connectivity index (χ1v) is 11.4. The van der Waals surface area contributed by atoms with Crippen LogP contribution in [-0.4, -0.2) is 40.1 Å². The second kappa shape index (κ2) is 10.3. The Morgan fingerprint density at radius 2 is 1.85 bits per heavy atom. The zero-order valence-corrected chi connectivity index (χ0v) is 19.5. The minimum atomic E-state index is -0.532. The van der Waals surface area contributed by atoms with Gasteiger partial charge in [0.05, 0.1) is 17.9 Å². The van der Waals surface area contributed by atoms with E-state index in [-0.39, 0.29) is 24.3 Å². The van der Waals surface area contributed by atoms with Gasteiger partial charge in [-0.3, -0.25) is 14.2 Å². The number of rotatable bonds is 8. The molecule has 34 heavy (non-hydrogen) atoms. The molecule has 1 amide bonds. The smallest absolute Gasteiger partial charge is 0.340 e. The molecular formula is C24H23N5O4S. The molecule has 9 nitrogen and oxygen atoms in total. The van der Waals surface area contributed by atoms with Crippen molar-refractivity contribution in [2.45, 2.75) is 20.0 Å². The Kier molecular flexibility index (Phi) is 6.98. The number of benzene rings is 2. The lowest BCUT2D eigenvalue weighted by atomic mass is 10.2. The third kappa shape index (κ3) is 5.12. The van der Waals surface area contributed by atoms with Crippen molar-refractivity contribution in [2.75, 3.05) is 23.9 Å². The van der Waals surface area contributed by atoms with Gasteiger partial charge in [-0.15, -0.1) is 0 Å². The van der Waals surface area contributed by atoms with E-state index < -0.39 is 11.9 Å². The largest absolute Gasteiger partial charge is 0.462 e. The molecule has 2 aromatic heterocycles.